The van der Waals surface area contributed by atoms with Gasteiger partial charge in [0.1, 0.15) is 12.0 Å². The minimum absolute atomic E-state index is 0.253. The minimum atomic E-state index is -0.537. The molecule has 0 radical (unpaired) electrons. The van der Waals surface area contributed by atoms with Crippen LogP contribution in [0.3, 0.4) is 0 Å². The molecule has 0 atom stereocenters. The number of carbonyl (C=O) groups excluding carboxylic acids is 1. The molecule has 162 valence electrons. The molecular formula is C24H24N6O2. The molecule has 0 saturated carbocycles. The molecule has 5 rings (SSSR count). The highest BCUT2D eigenvalue weighted by Crippen LogP contribution is 2.30. The third-order valence-corrected chi connectivity index (χ3v) is 5.83. The number of amides is 1. The van der Waals surface area contributed by atoms with E-state index in [1.807, 2.05) is 24.5 Å². The maximum absolute atomic E-state index is 11.5. The summed E-state index contributed by atoms with van der Waals surface area (Å²) in [6.07, 6.45) is 11.6. The number of pyridine rings is 1. The quantitative estimate of drug-likeness (QED) is 0.670. The molecule has 3 aromatic rings. The first-order valence-electron chi connectivity index (χ1n) is 10.7. The van der Waals surface area contributed by atoms with Crippen molar-refractivity contribution >= 4 is 17.2 Å². The summed E-state index contributed by atoms with van der Waals surface area (Å²) in [5.74, 6) is 0.334. The molecule has 1 amide bonds. The predicted octanol–water partition coefficient (Wildman–Crippen LogP) is 3.21. The van der Waals surface area contributed by atoms with Crippen molar-refractivity contribution in [1.29, 1.82) is 0 Å². The molecule has 8 nitrogen and oxygen atoms in total. The third kappa shape index (κ3) is 4.04. The average molecular weight is 428 g/mol. The van der Waals surface area contributed by atoms with E-state index >= 15 is 0 Å². The number of rotatable bonds is 5. The lowest BCUT2D eigenvalue weighted by atomic mass is 10.0. The number of hydrogen-bond acceptors (Lipinski definition) is 6. The fraction of sp³-hybridized carbons (Fsp3) is 0.250. The third-order valence-electron chi connectivity index (χ3n) is 5.83. The van der Waals surface area contributed by atoms with Crippen LogP contribution < -0.4 is 10.6 Å². The SMILES string of the molecule is NC(=O)c1cc(C2=CN(c3cccc(-c4nncn4C4CCOCC4)c3)CC=C2)ccn1. The minimum Gasteiger partial charge on any atom is -0.381 e. The van der Waals surface area contributed by atoms with E-state index < -0.39 is 5.91 Å². The molecule has 4 heterocycles. The summed E-state index contributed by atoms with van der Waals surface area (Å²) in [6.45, 7) is 2.28. The van der Waals surface area contributed by atoms with Crippen molar-refractivity contribution in [1.82, 2.24) is 19.7 Å². The number of benzene rings is 1. The number of carbonyl (C=O) groups is 1. The summed E-state index contributed by atoms with van der Waals surface area (Å²) in [4.78, 5) is 17.7. The molecule has 1 saturated heterocycles. The zero-order valence-corrected chi connectivity index (χ0v) is 17.6. The number of nitrogens with two attached hydrogens (primary N) is 1. The Morgan fingerprint density at radius 1 is 1.12 bits per heavy atom. The van der Waals surface area contributed by atoms with Gasteiger partial charge < -0.3 is 19.9 Å². The highest BCUT2D eigenvalue weighted by atomic mass is 16.5. The van der Waals surface area contributed by atoms with Gasteiger partial charge in [-0.1, -0.05) is 24.3 Å². The van der Waals surface area contributed by atoms with Crippen LogP contribution in [-0.4, -0.2) is 45.4 Å². The largest absolute Gasteiger partial charge is 0.381 e. The molecule has 2 aliphatic heterocycles. The van der Waals surface area contributed by atoms with Gasteiger partial charge in [-0.15, -0.1) is 10.2 Å². The first-order valence-corrected chi connectivity index (χ1v) is 10.7. The summed E-state index contributed by atoms with van der Waals surface area (Å²) in [5.41, 5.74) is 9.60. The Morgan fingerprint density at radius 2 is 2.00 bits per heavy atom. The fourth-order valence-electron chi connectivity index (χ4n) is 4.16. The average Bonchev–Trinajstić information content (AvgIpc) is 3.35. The van der Waals surface area contributed by atoms with Gasteiger partial charge in [0.15, 0.2) is 5.82 Å². The Kier molecular flexibility index (Phi) is 5.51. The highest BCUT2D eigenvalue weighted by Gasteiger charge is 2.20. The summed E-state index contributed by atoms with van der Waals surface area (Å²) in [6, 6.07) is 12.3. The van der Waals surface area contributed by atoms with Crippen LogP contribution in [0, 0.1) is 0 Å². The van der Waals surface area contributed by atoms with E-state index in [1.54, 1.807) is 12.3 Å². The van der Waals surface area contributed by atoms with Gasteiger partial charge >= 0.3 is 0 Å². The molecule has 2 N–H and O–H groups in total. The van der Waals surface area contributed by atoms with Crippen molar-refractivity contribution in [3.8, 4) is 11.4 Å². The number of ether oxygens (including phenoxy) is 1. The number of nitrogens with zero attached hydrogens (tertiary/aromatic N) is 5. The van der Waals surface area contributed by atoms with Gasteiger partial charge in [-0.2, -0.15) is 0 Å². The van der Waals surface area contributed by atoms with Crippen molar-refractivity contribution in [2.45, 2.75) is 18.9 Å². The normalized spacial score (nSPS) is 16.8. The van der Waals surface area contributed by atoms with Crippen molar-refractivity contribution < 1.29 is 9.53 Å². The van der Waals surface area contributed by atoms with Crippen LogP contribution in [0.25, 0.3) is 17.0 Å². The molecule has 0 spiro atoms. The second-order valence-corrected chi connectivity index (χ2v) is 7.89. The van der Waals surface area contributed by atoms with Gasteiger partial charge in [0.25, 0.3) is 5.91 Å². The zero-order chi connectivity index (χ0) is 21.9. The number of primary amides is 1. The van der Waals surface area contributed by atoms with E-state index in [9.17, 15) is 4.79 Å². The second-order valence-electron chi connectivity index (χ2n) is 7.89. The van der Waals surface area contributed by atoms with Crippen LogP contribution in [0.15, 0.2) is 67.3 Å². The van der Waals surface area contributed by atoms with Crippen LogP contribution >= 0.6 is 0 Å². The van der Waals surface area contributed by atoms with Crippen LogP contribution in [0.2, 0.25) is 0 Å². The van der Waals surface area contributed by atoms with Gasteiger partial charge in [0.2, 0.25) is 0 Å². The zero-order valence-electron chi connectivity index (χ0n) is 17.6. The molecule has 32 heavy (non-hydrogen) atoms. The Balaban J connectivity index is 1.44. The van der Waals surface area contributed by atoms with Crippen LogP contribution in [-0.2, 0) is 4.74 Å². The van der Waals surface area contributed by atoms with E-state index in [2.05, 4.69) is 55.1 Å². The number of allylic oxidation sites excluding steroid dienone is 2. The van der Waals surface area contributed by atoms with E-state index in [0.29, 0.717) is 6.04 Å². The molecule has 0 unspecified atom stereocenters. The summed E-state index contributed by atoms with van der Waals surface area (Å²) < 4.78 is 7.67. The number of hydrogen-bond donors (Lipinski definition) is 1. The van der Waals surface area contributed by atoms with Crippen molar-refractivity contribution in [2.75, 3.05) is 24.7 Å². The fourth-order valence-corrected chi connectivity index (χ4v) is 4.16. The lowest BCUT2D eigenvalue weighted by molar-refractivity contribution is 0.0699. The van der Waals surface area contributed by atoms with Crippen molar-refractivity contribution in [3.05, 3.63) is 78.5 Å². The topological polar surface area (TPSA) is 99.2 Å². The second kappa shape index (κ2) is 8.76. The first kappa shape index (κ1) is 20.1. The Hall–Kier alpha value is -3.78. The van der Waals surface area contributed by atoms with E-state index in [1.165, 1.54) is 0 Å². The van der Waals surface area contributed by atoms with Crippen LogP contribution in [0.5, 0.6) is 0 Å². The lowest BCUT2D eigenvalue weighted by Crippen LogP contribution is -2.20. The van der Waals surface area contributed by atoms with Gasteiger partial charge in [-0.25, -0.2) is 0 Å². The molecule has 8 heteroatoms. The van der Waals surface area contributed by atoms with Crippen molar-refractivity contribution in [2.24, 2.45) is 5.73 Å². The maximum atomic E-state index is 11.5. The molecule has 1 fully saturated rings. The molecule has 2 aliphatic rings. The number of anilines is 1. The summed E-state index contributed by atoms with van der Waals surface area (Å²) in [5, 5.41) is 8.59. The Morgan fingerprint density at radius 3 is 2.84 bits per heavy atom. The smallest absolute Gasteiger partial charge is 0.267 e. The van der Waals surface area contributed by atoms with E-state index in [-0.39, 0.29) is 5.69 Å². The summed E-state index contributed by atoms with van der Waals surface area (Å²) in [7, 11) is 0. The molecule has 1 aromatic carbocycles. The van der Waals surface area contributed by atoms with Crippen molar-refractivity contribution in [3.63, 3.8) is 0 Å². The Bertz CT molecular complexity index is 1190. The van der Waals surface area contributed by atoms with Gasteiger partial charge in [0.05, 0.1) is 0 Å². The standard InChI is InChI=1S/C24H24N6O2/c25-23(31)22-14-17(6-9-26-22)19-4-2-10-29(15-19)21-5-1-3-18(13-21)24-28-27-16-30(24)20-7-11-32-12-8-20/h1-6,9,13-16,20H,7-8,10-12H2,(H2,25,31). The van der Waals surface area contributed by atoms with Gasteiger partial charge in [0, 0.05) is 49.4 Å². The Labute approximate surface area is 186 Å². The van der Waals surface area contributed by atoms with Gasteiger partial charge in [-0.05, 0) is 48.2 Å². The molecule has 0 aliphatic carbocycles. The molecule has 2 aromatic heterocycles. The van der Waals surface area contributed by atoms with Crippen LogP contribution in [0.1, 0.15) is 34.9 Å². The number of aromatic nitrogens is 4. The highest BCUT2D eigenvalue weighted by molar-refractivity contribution is 5.92. The molecular weight excluding hydrogens is 404 g/mol. The van der Waals surface area contributed by atoms with Gasteiger partial charge in [-0.3, -0.25) is 9.78 Å². The van der Waals surface area contributed by atoms with E-state index in [0.717, 1.165) is 60.8 Å². The molecule has 0 bridgehead atoms. The van der Waals surface area contributed by atoms with Crippen LogP contribution in [0.4, 0.5) is 5.69 Å². The summed E-state index contributed by atoms with van der Waals surface area (Å²) >= 11 is 0. The predicted molar refractivity (Wildman–Crippen MR) is 122 cm³/mol. The lowest BCUT2D eigenvalue weighted by Gasteiger charge is -2.25. The first-order chi connectivity index (χ1) is 15.7. The monoisotopic (exact) mass is 428 g/mol. The maximum Gasteiger partial charge on any atom is 0.267 e. The van der Waals surface area contributed by atoms with E-state index in [4.69, 9.17) is 10.5 Å².